The van der Waals surface area contributed by atoms with Crippen LogP contribution in [0.25, 0.3) is 21.9 Å². The van der Waals surface area contributed by atoms with Crippen molar-refractivity contribution in [1.29, 1.82) is 0 Å². The average Bonchev–Trinajstić information content (AvgIpc) is 2.80. The van der Waals surface area contributed by atoms with Gasteiger partial charge in [-0.25, -0.2) is 8.78 Å². The van der Waals surface area contributed by atoms with Crippen molar-refractivity contribution in [2.45, 2.75) is 0 Å². The summed E-state index contributed by atoms with van der Waals surface area (Å²) in [4.78, 5) is 0. The van der Waals surface area contributed by atoms with Crippen LogP contribution in [0.5, 0.6) is 5.75 Å². The second-order valence-electron chi connectivity index (χ2n) is 7.49. The van der Waals surface area contributed by atoms with Crippen LogP contribution in [0.3, 0.4) is 0 Å². The summed E-state index contributed by atoms with van der Waals surface area (Å²) in [5.74, 6) is -0.508. The number of halogens is 2. The van der Waals surface area contributed by atoms with Crippen molar-refractivity contribution in [2.75, 3.05) is 0 Å². The highest BCUT2D eigenvalue weighted by atomic mass is 31.1. The molecule has 1 N–H and O–H groups in total. The lowest BCUT2D eigenvalue weighted by molar-refractivity contribution is 0.477. The highest BCUT2D eigenvalue weighted by Gasteiger charge is 2.24. The number of fused-ring (bicyclic) bond motifs is 1. The highest BCUT2D eigenvalue weighted by molar-refractivity contribution is 7.80. The third-order valence-corrected chi connectivity index (χ3v) is 7.90. The molecule has 0 aliphatic rings. The van der Waals surface area contributed by atoms with Crippen molar-refractivity contribution in [1.82, 2.24) is 0 Å². The summed E-state index contributed by atoms with van der Waals surface area (Å²) >= 11 is 0. The molecule has 156 valence electrons. The van der Waals surface area contributed by atoms with Crippen LogP contribution in [0.4, 0.5) is 8.78 Å². The van der Waals surface area contributed by atoms with E-state index in [-0.39, 0.29) is 17.4 Å². The minimum absolute atomic E-state index is 0.165. The quantitative estimate of drug-likeness (QED) is 0.328. The van der Waals surface area contributed by atoms with Gasteiger partial charge in [0.1, 0.15) is 17.4 Å². The molecule has 5 aromatic rings. The minimum Gasteiger partial charge on any atom is -0.507 e. The molecule has 4 heteroatoms. The summed E-state index contributed by atoms with van der Waals surface area (Å²) < 4.78 is 28.6. The van der Waals surface area contributed by atoms with Crippen molar-refractivity contribution in [3.05, 3.63) is 121 Å². The summed E-state index contributed by atoms with van der Waals surface area (Å²) in [7, 11) is -1.30. The van der Waals surface area contributed by atoms with Crippen LogP contribution in [0.2, 0.25) is 0 Å². The van der Waals surface area contributed by atoms with Crippen molar-refractivity contribution in [3.8, 4) is 16.9 Å². The SMILES string of the molecule is Oc1ccccc1-c1c(P(c2cccc(F)c2)c2cccc(F)c2)ccc2ccccc12. The zero-order valence-electron chi connectivity index (χ0n) is 17.0. The second-order valence-corrected chi connectivity index (χ2v) is 9.68. The van der Waals surface area contributed by atoms with E-state index in [1.165, 1.54) is 24.3 Å². The van der Waals surface area contributed by atoms with Gasteiger partial charge in [0.15, 0.2) is 0 Å². The Hall–Kier alpha value is -3.55. The monoisotopic (exact) mass is 440 g/mol. The van der Waals surface area contributed by atoms with Crippen LogP contribution in [-0.4, -0.2) is 5.11 Å². The Kier molecular flexibility index (Phi) is 5.43. The number of phenols is 1. The summed E-state index contributed by atoms with van der Waals surface area (Å²) in [6.07, 6.45) is 0. The number of benzene rings is 5. The van der Waals surface area contributed by atoms with Crippen LogP contribution in [0, 0.1) is 11.6 Å². The van der Waals surface area contributed by atoms with Gasteiger partial charge >= 0.3 is 0 Å². The maximum absolute atomic E-state index is 14.3. The van der Waals surface area contributed by atoms with E-state index in [2.05, 4.69) is 0 Å². The van der Waals surface area contributed by atoms with Crippen molar-refractivity contribution < 1.29 is 13.9 Å². The lowest BCUT2D eigenvalue weighted by Gasteiger charge is -2.24. The van der Waals surface area contributed by atoms with Gasteiger partial charge in [-0.05, 0) is 64.9 Å². The first-order chi connectivity index (χ1) is 15.6. The van der Waals surface area contributed by atoms with E-state index in [0.29, 0.717) is 5.56 Å². The molecule has 0 aliphatic heterocycles. The largest absolute Gasteiger partial charge is 0.507 e. The first-order valence-electron chi connectivity index (χ1n) is 10.2. The van der Waals surface area contributed by atoms with Crippen LogP contribution >= 0.6 is 7.92 Å². The second kappa shape index (κ2) is 8.53. The molecule has 0 aliphatic carbocycles. The Morgan fingerprint density at radius 1 is 0.594 bits per heavy atom. The molecule has 0 aromatic heterocycles. The Morgan fingerprint density at radius 3 is 1.88 bits per heavy atom. The Bertz CT molecular complexity index is 1380. The molecule has 1 nitrogen and oxygen atoms in total. The summed E-state index contributed by atoms with van der Waals surface area (Å²) in [6.45, 7) is 0. The Balaban J connectivity index is 1.88. The van der Waals surface area contributed by atoms with E-state index in [1.54, 1.807) is 24.3 Å². The van der Waals surface area contributed by atoms with Crippen LogP contribution in [0.1, 0.15) is 0 Å². The molecule has 0 unspecified atom stereocenters. The van der Waals surface area contributed by atoms with Crippen molar-refractivity contribution in [2.24, 2.45) is 0 Å². The third kappa shape index (κ3) is 3.77. The summed E-state index contributed by atoms with van der Waals surface area (Å²) in [5.41, 5.74) is 1.57. The topological polar surface area (TPSA) is 20.2 Å². The molecule has 0 fully saturated rings. The van der Waals surface area contributed by atoms with Crippen LogP contribution < -0.4 is 15.9 Å². The van der Waals surface area contributed by atoms with E-state index in [0.717, 1.165) is 32.2 Å². The van der Waals surface area contributed by atoms with Gasteiger partial charge in [-0.3, -0.25) is 0 Å². The van der Waals surface area contributed by atoms with Gasteiger partial charge in [0.05, 0.1) is 0 Å². The van der Waals surface area contributed by atoms with E-state index in [9.17, 15) is 13.9 Å². The lowest BCUT2D eigenvalue weighted by atomic mass is 9.97. The molecule has 0 spiro atoms. The fourth-order valence-corrected chi connectivity index (χ4v) is 6.59. The number of hydrogen-bond acceptors (Lipinski definition) is 1. The smallest absolute Gasteiger partial charge is 0.123 e. The molecule has 5 aromatic carbocycles. The molecule has 0 saturated heterocycles. The minimum atomic E-state index is -1.30. The third-order valence-electron chi connectivity index (χ3n) is 5.45. The molecule has 32 heavy (non-hydrogen) atoms. The van der Waals surface area contributed by atoms with Gasteiger partial charge in [-0.15, -0.1) is 0 Å². The van der Waals surface area contributed by atoms with Crippen molar-refractivity contribution >= 4 is 34.6 Å². The number of phenolic OH excluding ortho intramolecular Hbond substituents is 1. The number of para-hydroxylation sites is 1. The highest BCUT2D eigenvalue weighted by Crippen LogP contribution is 2.42. The standard InChI is InChI=1S/C28H19F2OP/c29-20-8-5-10-22(17-20)32(23-11-6-9-21(30)18-23)27-16-15-19-7-1-2-12-24(19)28(27)25-13-3-4-14-26(25)31/h1-18,31H. The van der Waals surface area contributed by atoms with E-state index in [1.807, 2.05) is 60.7 Å². The molecule has 0 radical (unpaired) electrons. The molecular formula is C28H19F2OP. The molecule has 0 heterocycles. The fraction of sp³-hybridized carbons (Fsp3) is 0. The van der Waals surface area contributed by atoms with Gasteiger partial charge in [0.2, 0.25) is 0 Å². The zero-order valence-corrected chi connectivity index (χ0v) is 17.9. The van der Waals surface area contributed by atoms with E-state index >= 15 is 0 Å². The molecule has 0 atom stereocenters. The molecule has 0 amide bonds. The first-order valence-corrected chi connectivity index (χ1v) is 11.6. The van der Waals surface area contributed by atoms with Gasteiger partial charge < -0.3 is 5.11 Å². The Labute approximate surface area is 186 Å². The predicted octanol–water partition coefficient (Wildman–Crippen LogP) is 6.25. The summed E-state index contributed by atoms with van der Waals surface area (Å²) in [5, 5.41) is 15.2. The number of aromatic hydroxyl groups is 1. The maximum atomic E-state index is 14.3. The van der Waals surface area contributed by atoms with Crippen molar-refractivity contribution in [3.63, 3.8) is 0 Å². The van der Waals surface area contributed by atoms with Gasteiger partial charge in [0, 0.05) is 11.1 Å². The number of hydrogen-bond donors (Lipinski definition) is 1. The predicted molar refractivity (Wildman–Crippen MR) is 130 cm³/mol. The normalized spacial score (nSPS) is 11.2. The zero-order chi connectivity index (χ0) is 22.1. The molecule has 5 rings (SSSR count). The molecular weight excluding hydrogens is 421 g/mol. The van der Waals surface area contributed by atoms with E-state index < -0.39 is 7.92 Å². The average molecular weight is 440 g/mol. The van der Waals surface area contributed by atoms with Gasteiger partial charge in [-0.2, -0.15) is 0 Å². The van der Waals surface area contributed by atoms with Crippen LogP contribution in [-0.2, 0) is 0 Å². The lowest BCUT2D eigenvalue weighted by Crippen LogP contribution is -2.23. The maximum Gasteiger partial charge on any atom is 0.123 e. The summed E-state index contributed by atoms with van der Waals surface area (Å²) in [6, 6.07) is 32.2. The van der Waals surface area contributed by atoms with E-state index in [4.69, 9.17) is 0 Å². The molecule has 0 saturated carbocycles. The fourth-order valence-electron chi connectivity index (χ4n) is 4.07. The molecule has 0 bridgehead atoms. The number of rotatable bonds is 4. The van der Waals surface area contributed by atoms with Gasteiger partial charge in [0.25, 0.3) is 0 Å². The Morgan fingerprint density at radius 2 is 1.22 bits per heavy atom. The van der Waals surface area contributed by atoms with Gasteiger partial charge in [-0.1, -0.05) is 78.9 Å². The first kappa shape index (κ1) is 20.4. The van der Waals surface area contributed by atoms with Crippen LogP contribution in [0.15, 0.2) is 109 Å².